The molecule has 0 fully saturated rings. The first-order chi connectivity index (χ1) is 5.75. The van der Waals surface area contributed by atoms with Crippen LogP contribution < -0.4 is 0 Å². The zero-order valence-electron chi connectivity index (χ0n) is 6.45. The highest BCUT2D eigenvalue weighted by molar-refractivity contribution is 5.18. The molecule has 0 bridgehead atoms. The van der Waals surface area contributed by atoms with Gasteiger partial charge in [-0.05, 0) is 5.56 Å². The van der Waals surface area contributed by atoms with Crippen LogP contribution in [0.25, 0.3) is 0 Å². The molecule has 1 nitrogen and oxygen atoms in total. The van der Waals surface area contributed by atoms with E-state index in [2.05, 4.69) is 0 Å². The van der Waals surface area contributed by atoms with Crippen molar-refractivity contribution in [1.29, 1.82) is 0 Å². The first kappa shape index (κ1) is 9.13. The summed E-state index contributed by atoms with van der Waals surface area (Å²) in [5.41, 5.74) is 0.308. The molecular weight excluding hydrogens is 162 g/mol. The minimum Gasteiger partial charge on any atom is -0.387 e. The van der Waals surface area contributed by atoms with E-state index in [-0.39, 0.29) is 0 Å². The fourth-order valence-corrected chi connectivity index (χ4v) is 0.937. The Kier molecular flexibility index (Phi) is 3.17. The molecular formula is C9H10F2O. The minimum absolute atomic E-state index is 0.308. The molecule has 0 aliphatic rings. The van der Waals surface area contributed by atoms with Crippen molar-refractivity contribution in [1.82, 2.24) is 0 Å². The molecule has 3 heteroatoms. The van der Waals surface area contributed by atoms with E-state index in [1.807, 2.05) is 0 Å². The van der Waals surface area contributed by atoms with Gasteiger partial charge in [0.25, 0.3) is 0 Å². The highest BCUT2D eigenvalue weighted by Crippen LogP contribution is 2.20. The van der Waals surface area contributed by atoms with E-state index in [1.54, 1.807) is 18.2 Å². The molecule has 1 aromatic rings. The lowest BCUT2D eigenvalue weighted by molar-refractivity contribution is 0.0558. The molecule has 0 spiro atoms. The number of benzene rings is 1. The first-order valence-corrected chi connectivity index (χ1v) is 3.68. The van der Waals surface area contributed by atoms with Crippen molar-refractivity contribution in [2.24, 2.45) is 0 Å². The maximum Gasteiger partial charge on any atom is 0.153 e. The highest BCUT2D eigenvalue weighted by Gasteiger charge is 2.19. The van der Waals surface area contributed by atoms with Gasteiger partial charge >= 0.3 is 0 Å². The van der Waals surface area contributed by atoms with Crippen molar-refractivity contribution in [2.75, 3.05) is 6.67 Å². The molecule has 66 valence electrons. The van der Waals surface area contributed by atoms with Gasteiger partial charge in [-0.15, -0.1) is 0 Å². The van der Waals surface area contributed by atoms with Crippen LogP contribution in [0.2, 0.25) is 0 Å². The van der Waals surface area contributed by atoms with E-state index in [0.29, 0.717) is 5.56 Å². The lowest BCUT2D eigenvalue weighted by atomic mass is 10.1. The van der Waals surface area contributed by atoms with Crippen molar-refractivity contribution in [3.05, 3.63) is 35.9 Å². The number of aliphatic hydroxyl groups excluding tert-OH is 1. The molecule has 1 aromatic carbocycles. The van der Waals surface area contributed by atoms with Crippen LogP contribution in [-0.4, -0.2) is 17.9 Å². The summed E-state index contributed by atoms with van der Waals surface area (Å²) >= 11 is 0. The predicted molar refractivity (Wildman–Crippen MR) is 42.3 cm³/mol. The van der Waals surface area contributed by atoms with Gasteiger partial charge in [-0.1, -0.05) is 30.3 Å². The summed E-state index contributed by atoms with van der Waals surface area (Å²) < 4.78 is 24.9. The number of hydrogen-bond donors (Lipinski definition) is 1. The van der Waals surface area contributed by atoms with Gasteiger partial charge in [0.15, 0.2) is 6.17 Å². The Balaban J connectivity index is 2.71. The lowest BCUT2D eigenvalue weighted by Crippen LogP contribution is -2.16. The highest BCUT2D eigenvalue weighted by atomic mass is 19.1. The number of rotatable bonds is 3. The van der Waals surface area contributed by atoms with E-state index < -0.39 is 19.0 Å². The van der Waals surface area contributed by atoms with Crippen LogP contribution in [-0.2, 0) is 0 Å². The number of aliphatic hydroxyl groups is 1. The molecule has 0 saturated carbocycles. The molecule has 0 unspecified atom stereocenters. The van der Waals surface area contributed by atoms with Crippen LogP contribution in [0.5, 0.6) is 0 Å². The van der Waals surface area contributed by atoms with Crippen LogP contribution in [0.3, 0.4) is 0 Å². The molecule has 1 rings (SSSR count). The third-order valence-electron chi connectivity index (χ3n) is 1.61. The zero-order valence-corrected chi connectivity index (χ0v) is 6.45. The van der Waals surface area contributed by atoms with Crippen molar-refractivity contribution in [3.63, 3.8) is 0 Å². The molecule has 2 atom stereocenters. The Hall–Kier alpha value is -0.960. The maximum atomic E-state index is 13.0. The summed E-state index contributed by atoms with van der Waals surface area (Å²) in [6.45, 7) is -1.06. The first-order valence-electron chi connectivity index (χ1n) is 3.68. The van der Waals surface area contributed by atoms with Gasteiger partial charge in [0, 0.05) is 0 Å². The number of alkyl halides is 2. The molecule has 0 aliphatic carbocycles. The Morgan fingerprint density at radius 2 is 1.83 bits per heavy atom. The van der Waals surface area contributed by atoms with Gasteiger partial charge < -0.3 is 5.11 Å². The van der Waals surface area contributed by atoms with Gasteiger partial charge in [-0.2, -0.15) is 0 Å². The SMILES string of the molecule is O[C@H](CF)[C@H](F)c1ccccc1. The largest absolute Gasteiger partial charge is 0.387 e. The Morgan fingerprint density at radius 3 is 2.33 bits per heavy atom. The second-order valence-corrected chi connectivity index (χ2v) is 2.53. The van der Waals surface area contributed by atoms with Crippen molar-refractivity contribution >= 4 is 0 Å². The monoisotopic (exact) mass is 172 g/mol. The van der Waals surface area contributed by atoms with Crippen LogP contribution in [0.15, 0.2) is 30.3 Å². The summed E-state index contributed by atoms with van der Waals surface area (Å²) in [5.74, 6) is 0. The van der Waals surface area contributed by atoms with Crippen molar-refractivity contribution in [2.45, 2.75) is 12.3 Å². The molecule has 0 aromatic heterocycles. The van der Waals surface area contributed by atoms with Crippen molar-refractivity contribution in [3.8, 4) is 0 Å². The summed E-state index contributed by atoms with van der Waals surface area (Å²) in [6, 6.07) is 8.06. The maximum absolute atomic E-state index is 13.0. The summed E-state index contributed by atoms with van der Waals surface area (Å²) in [7, 11) is 0. The lowest BCUT2D eigenvalue weighted by Gasteiger charge is -2.11. The molecule has 0 aliphatic heterocycles. The standard InChI is InChI=1S/C9H10F2O/c10-6-8(12)9(11)7-4-2-1-3-5-7/h1-5,8-9,12H,6H2/t8-,9-/m1/s1. The van der Waals surface area contributed by atoms with E-state index in [4.69, 9.17) is 5.11 Å². The number of halogens is 2. The zero-order chi connectivity index (χ0) is 8.97. The number of hydrogen-bond acceptors (Lipinski definition) is 1. The average molecular weight is 172 g/mol. The van der Waals surface area contributed by atoms with Crippen LogP contribution in [0.4, 0.5) is 8.78 Å². The predicted octanol–water partition coefficient (Wildman–Crippen LogP) is 2.03. The van der Waals surface area contributed by atoms with Gasteiger partial charge in [0.2, 0.25) is 0 Å². The molecule has 0 heterocycles. The van der Waals surface area contributed by atoms with Gasteiger partial charge in [-0.25, -0.2) is 8.78 Å². The second kappa shape index (κ2) is 4.16. The van der Waals surface area contributed by atoms with Crippen LogP contribution in [0, 0.1) is 0 Å². The summed E-state index contributed by atoms with van der Waals surface area (Å²) in [5, 5.41) is 8.83. The fraction of sp³-hybridized carbons (Fsp3) is 0.333. The Morgan fingerprint density at radius 1 is 1.25 bits per heavy atom. The Bertz CT molecular complexity index is 225. The second-order valence-electron chi connectivity index (χ2n) is 2.53. The topological polar surface area (TPSA) is 20.2 Å². The van der Waals surface area contributed by atoms with Gasteiger partial charge in [0.1, 0.15) is 12.8 Å². The fourth-order valence-electron chi connectivity index (χ4n) is 0.937. The summed E-state index contributed by atoms with van der Waals surface area (Å²) in [4.78, 5) is 0. The molecule has 0 saturated heterocycles. The average Bonchev–Trinajstić information content (AvgIpc) is 2.17. The molecule has 0 radical (unpaired) electrons. The third kappa shape index (κ3) is 2.01. The van der Waals surface area contributed by atoms with Gasteiger partial charge in [0.05, 0.1) is 0 Å². The minimum atomic E-state index is -1.63. The molecule has 1 N–H and O–H groups in total. The third-order valence-corrected chi connectivity index (χ3v) is 1.61. The quantitative estimate of drug-likeness (QED) is 0.739. The van der Waals surface area contributed by atoms with E-state index in [9.17, 15) is 8.78 Å². The van der Waals surface area contributed by atoms with Crippen molar-refractivity contribution < 1.29 is 13.9 Å². The van der Waals surface area contributed by atoms with E-state index in [0.717, 1.165) is 0 Å². The van der Waals surface area contributed by atoms with Crippen LogP contribution >= 0.6 is 0 Å². The Labute approximate surface area is 69.7 Å². The molecule has 12 heavy (non-hydrogen) atoms. The molecule has 0 amide bonds. The summed E-state index contributed by atoms with van der Waals surface area (Å²) in [6.07, 6.45) is -3.18. The van der Waals surface area contributed by atoms with Crippen LogP contribution in [0.1, 0.15) is 11.7 Å². The van der Waals surface area contributed by atoms with E-state index >= 15 is 0 Å². The van der Waals surface area contributed by atoms with Gasteiger partial charge in [-0.3, -0.25) is 0 Å². The normalized spacial score (nSPS) is 15.6. The smallest absolute Gasteiger partial charge is 0.153 e. The van der Waals surface area contributed by atoms with E-state index in [1.165, 1.54) is 12.1 Å².